The van der Waals surface area contributed by atoms with Gasteiger partial charge in [-0.25, -0.2) is 4.79 Å². The average molecular weight is 636 g/mol. The number of ether oxygens (including phenoxy) is 5. The molecule has 45 heavy (non-hydrogen) atoms. The van der Waals surface area contributed by atoms with Crippen molar-refractivity contribution in [2.75, 3.05) is 0 Å². The molecule has 12 nitrogen and oxygen atoms in total. The summed E-state index contributed by atoms with van der Waals surface area (Å²) in [6.07, 6.45) is 9.53. The van der Waals surface area contributed by atoms with Crippen molar-refractivity contribution >= 4 is 5.97 Å². The van der Waals surface area contributed by atoms with E-state index < -0.39 is 72.7 Å². The highest BCUT2D eigenvalue weighted by Gasteiger charge is 2.48. The number of hydrogen-bond acceptors (Lipinski definition) is 12. The van der Waals surface area contributed by atoms with Gasteiger partial charge in [0.1, 0.15) is 18.3 Å². The summed E-state index contributed by atoms with van der Waals surface area (Å²) < 4.78 is 29.0. The molecule has 0 aromatic rings. The van der Waals surface area contributed by atoms with E-state index in [1.54, 1.807) is 45.1 Å². The molecule has 7 N–H and O–H groups in total. The molecule has 252 valence electrons. The number of cyclic esters (lactones) is 1. The van der Waals surface area contributed by atoms with Crippen molar-refractivity contribution in [3.63, 3.8) is 0 Å². The number of hydrogen-bond donors (Lipinski definition) is 6. The highest BCUT2D eigenvalue weighted by molar-refractivity contribution is 5.82. The Morgan fingerprint density at radius 1 is 0.889 bits per heavy atom. The molecular formula is C33H49NO11. The highest BCUT2D eigenvalue weighted by atomic mass is 16.7. The van der Waals surface area contributed by atoms with Crippen LogP contribution in [0.5, 0.6) is 0 Å². The number of carbonyl (C=O) groups excluding carboxylic acids is 1. The van der Waals surface area contributed by atoms with Crippen molar-refractivity contribution in [2.45, 2.75) is 132 Å². The van der Waals surface area contributed by atoms with E-state index in [2.05, 4.69) is 0 Å². The number of rotatable bonds is 2. The monoisotopic (exact) mass is 635 g/mol. The number of nitrogens with two attached hydrogens (primary N) is 1. The summed E-state index contributed by atoms with van der Waals surface area (Å²) in [6, 6.07) is -0.977. The van der Waals surface area contributed by atoms with E-state index in [9.17, 15) is 30.3 Å². The third-order valence-electron chi connectivity index (χ3n) is 8.67. The van der Waals surface area contributed by atoms with Crippen LogP contribution in [-0.2, 0) is 28.5 Å². The molecule has 2 bridgehead atoms. The molecule has 4 aliphatic rings. The fraction of sp³-hybridized carbons (Fsp3) is 0.667. The molecular weight excluding hydrogens is 586 g/mol. The van der Waals surface area contributed by atoms with Gasteiger partial charge in [-0.1, -0.05) is 55.5 Å². The van der Waals surface area contributed by atoms with E-state index >= 15 is 0 Å². The fourth-order valence-corrected chi connectivity index (χ4v) is 5.84. The first-order chi connectivity index (χ1) is 21.3. The van der Waals surface area contributed by atoms with Gasteiger partial charge in [0, 0.05) is 44.1 Å². The third kappa shape index (κ3) is 10.4. The summed E-state index contributed by atoms with van der Waals surface area (Å²) in [5.41, 5.74) is 6.01. The average Bonchev–Trinajstić information content (AvgIpc) is 3.71. The van der Waals surface area contributed by atoms with Crippen molar-refractivity contribution in [3.8, 4) is 0 Å². The van der Waals surface area contributed by atoms with Crippen LogP contribution in [0.1, 0.15) is 52.9 Å². The minimum absolute atomic E-state index is 0.0970. The Kier molecular flexibility index (Phi) is 12.7. The van der Waals surface area contributed by atoms with E-state index in [0.29, 0.717) is 6.42 Å². The zero-order valence-electron chi connectivity index (χ0n) is 26.1. The molecule has 0 aromatic heterocycles. The number of aliphatic hydroxyl groups excluding tert-OH is 4. The van der Waals surface area contributed by atoms with Crippen LogP contribution in [0.3, 0.4) is 0 Å². The van der Waals surface area contributed by atoms with Crippen molar-refractivity contribution < 1.29 is 54.0 Å². The van der Waals surface area contributed by atoms with Gasteiger partial charge in [0.2, 0.25) is 0 Å². The Morgan fingerprint density at radius 3 is 2.36 bits per heavy atom. The zero-order valence-corrected chi connectivity index (χ0v) is 26.1. The van der Waals surface area contributed by atoms with Crippen LogP contribution in [-0.4, -0.2) is 111 Å². The van der Waals surface area contributed by atoms with Gasteiger partial charge in [-0.2, -0.15) is 0 Å². The SMILES string of the molecule is CC1CC=CC=CC=CC=CC(OC2OC(C)C(O)C(N)C2O)CC2OC(O)(CC(O)CC3OC3C=CC(=O)O1)CC(O)C2C. The van der Waals surface area contributed by atoms with Gasteiger partial charge in [-0.3, -0.25) is 0 Å². The maximum atomic E-state index is 12.2. The lowest BCUT2D eigenvalue weighted by Gasteiger charge is -2.45. The molecule has 0 saturated carbocycles. The molecule has 12 heteroatoms. The number of epoxide rings is 1. The largest absolute Gasteiger partial charge is 0.459 e. The first-order valence-corrected chi connectivity index (χ1v) is 15.7. The van der Waals surface area contributed by atoms with Crippen molar-refractivity contribution in [1.82, 2.24) is 0 Å². The topological polar surface area (TPSA) is 194 Å². The normalized spacial score (nSPS) is 45.4. The number of allylic oxidation sites excluding steroid dienone is 6. The summed E-state index contributed by atoms with van der Waals surface area (Å²) in [6.45, 7) is 5.24. The van der Waals surface area contributed by atoms with Crippen molar-refractivity contribution in [2.24, 2.45) is 11.7 Å². The summed E-state index contributed by atoms with van der Waals surface area (Å²) >= 11 is 0. The molecule has 4 rings (SSSR count). The smallest absolute Gasteiger partial charge is 0.330 e. The molecule has 4 aliphatic heterocycles. The van der Waals surface area contributed by atoms with Crippen LogP contribution in [0.25, 0.3) is 0 Å². The molecule has 0 radical (unpaired) electrons. The first kappa shape index (κ1) is 35.6. The summed E-state index contributed by atoms with van der Waals surface area (Å²) in [7, 11) is 0. The van der Waals surface area contributed by atoms with Crippen LogP contribution >= 0.6 is 0 Å². The second-order valence-electron chi connectivity index (χ2n) is 12.6. The molecule has 0 spiro atoms. The quantitative estimate of drug-likeness (QED) is 0.187. The van der Waals surface area contributed by atoms with Crippen molar-refractivity contribution in [3.05, 3.63) is 60.8 Å². The molecule has 0 aliphatic carbocycles. The highest BCUT2D eigenvalue weighted by Crippen LogP contribution is 2.38. The van der Waals surface area contributed by atoms with Crippen LogP contribution in [0.2, 0.25) is 0 Å². The first-order valence-electron chi connectivity index (χ1n) is 15.7. The lowest BCUT2D eigenvalue weighted by Crippen LogP contribution is -2.61. The lowest BCUT2D eigenvalue weighted by molar-refractivity contribution is -0.308. The Balaban J connectivity index is 1.53. The van der Waals surface area contributed by atoms with E-state index in [4.69, 9.17) is 29.4 Å². The third-order valence-corrected chi connectivity index (χ3v) is 8.67. The van der Waals surface area contributed by atoms with Gasteiger partial charge in [0.25, 0.3) is 0 Å². The van der Waals surface area contributed by atoms with Crippen LogP contribution in [0.4, 0.5) is 0 Å². The minimum Gasteiger partial charge on any atom is -0.459 e. The fourth-order valence-electron chi connectivity index (χ4n) is 5.84. The van der Waals surface area contributed by atoms with Gasteiger partial charge >= 0.3 is 5.97 Å². The van der Waals surface area contributed by atoms with E-state index in [1.165, 1.54) is 6.08 Å². The molecule has 14 atom stereocenters. The van der Waals surface area contributed by atoms with Crippen LogP contribution < -0.4 is 5.73 Å². The number of fused-ring (bicyclic) bond motifs is 3. The van der Waals surface area contributed by atoms with Gasteiger partial charge in [-0.05, 0) is 19.9 Å². The number of aliphatic hydroxyl groups is 5. The standard InChI is InChI=1S/C33H49NO11/c1-19-11-9-7-5-4-6-8-10-12-23(43-32-31(39)29(34)30(38)21(3)42-32)16-26-20(2)24(36)18-33(40,45-26)17-22(35)15-27-25(44-27)13-14-28(37)41-19/h4-10,12-14,19-27,29-32,35-36,38-40H,11,15-18,34H2,1-3H3. The van der Waals surface area contributed by atoms with Crippen molar-refractivity contribution in [1.29, 1.82) is 0 Å². The Bertz CT molecular complexity index is 1120. The second-order valence-corrected chi connectivity index (χ2v) is 12.6. The Morgan fingerprint density at radius 2 is 1.60 bits per heavy atom. The zero-order chi connectivity index (χ0) is 32.7. The molecule has 3 fully saturated rings. The molecule has 0 aromatic carbocycles. The Hall–Kier alpha value is -2.23. The second kappa shape index (κ2) is 16.1. The summed E-state index contributed by atoms with van der Waals surface area (Å²) in [5, 5.41) is 54.0. The summed E-state index contributed by atoms with van der Waals surface area (Å²) in [5.74, 6) is -2.70. The van der Waals surface area contributed by atoms with Crippen LogP contribution in [0, 0.1) is 5.92 Å². The van der Waals surface area contributed by atoms with E-state index in [-0.39, 0.29) is 44.0 Å². The molecule has 0 amide bonds. The number of carbonyl (C=O) groups is 1. The minimum atomic E-state index is -1.82. The molecule has 3 saturated heterocycles. The van der Waals surface area contributed by atoms with Gasteiger partial charge < -0.3 is 55.0 Å². The molecule has 4 heterocycles. The maximum absolute atomic E-state index is 12.2. The lowest BCUT2D eigenvalue weighted by atomic mass is 9.84. The predicted molar refractivity (Wildman–Crippen MR) is 163 cm³/mol. The van der Waals surface area contributed by atoms with Gasteiger partial charge in [-0.15, -0.1) is 0 Å². The van der Waals surface area contributed by atoms with E-state index in [1.807, 2.05) is 30.4 Å². The maximum Gasteiger partial charge on any atom is 0.330 e. The predicted octanol–water partition coefficient (Wildman–Crippen LogP) is 1.06. The van der Waals surface area contributed by atoms with Crippen LogP contribution in [0.15, 0.2) is 60.8 Å². The van der Waals surface area contributed by atoms with E-state index in [0.717, 1.165) is 0 Å². The Labute approximate surface area is 264 Å². The van der Waals surface area contributed by atoms with Gasteiger partial charge in [0.05, 0.1) is 48.8 Å². The number of esters is 1. The summed E-state index contributed by atoms with van der Waals surface area (Å²) in [4.78, 5) is 12.2. The van der Waals surface area contributed by atoms with Gasteiger partial charge in [0.15, 0.2) is 12.1 Å². The molecule has 14 unspecified atom stereocenters.